The topological polar surface area (TPSA) is 20.2 Å². The van der Waals surface area contributed by atoms with Crippen molar-refractivity contribution in [3.8, 4) is 0 Å². The molecule has 0 aliphatic carbocycles. The molecule has 1 nitrogen and oxygen atoms in total. The molecule has 0 amide bonds. The van der Waals surface area contributed by atoms with E-state index in [0.717, 1.165) is 0 Å². The molecule has 100 valence electrons. The van der Waals surface area contributed by atoms with E-state index in [1.807, 2.05) is 0 Å². The first-order chi connectivity index (χ1) is 8.97. The van der Waals surface area contributed by atoms with Crippen LogP contribution in [0.3, 0.4) is 0 Å². The summed E-state index contributed by atoms with van der Waals surface area (Å²) in [5.41, 5.74) is 1.01. The van der Waals surface area contributed by atoms with Gasteiger partial charge < -0.3 is 5.11 Å². The lowest BCUT2D eigenvalue weighted by atomic mass is 10.0. The molecule has 1 N–H and O–H groups in total. The van der Waals surface area contributed by atoms with E-state index in [4.69, 9.17) is 34.8 Å². The first-order valence-corrected chi connectivity index (χ1v) is 6.67. The second kappa shape index (κ2) is 6.10. The molecule has 1 unspecified atom stereocenters. The summed E-state index contributed by atoms with van der Waals surface area (Å²) in [4.78, 5) is 0. The first kappa shape index (κ1) is 14.6. The molecular weight excluding hydrogens is 310 g/mol. The van der Waals surface area contributed by atoms with Gasteiger partial charge in [-0.1, -0.05) is 34.8 Å². The number of benzene rings is 2. The highest BCUT2D eigenvalue weighted by Crippen LogP contribution is 2.30. The molecule has 0 saturated carbocycles. The molecule has 2 aromatic carbocycles. The van der Waals surface area contributed by atoms with Crippen molar-refractivity contribution in [2.75, 3.05) is 0 Å². The highest BCUT2D eigenvalue weighted by atomic mass is 35.5. The average Bonchev–Trinajstić information content (AvgIpc) is 2.36. The monoisotopic (exact) mass is 318 g/mol. The van der Waals surface area contributed by atoms with Gasteiger partial charge in [0.2, 0.25) is 0 Å². The maximum atomic E-state index is 13.2. The Bertz CT molecular complexity index is 601. The zero-order valence-corrected chi connectivity index (χ0v) is 12.0. The molecule has 0 fully saturated rings. The van der Waals surface area contributed by atoms with Gasteiger partial charge in [0.25, 0.3) is 0 Å². The number of rotatable bonds is 3. The van der Waals surface area contributed by atoms with E-state index in [2.05, 4.69) is 0 Å². The summed E-state index contributed by atoms with van der Waals surface area (Å²) in [6.07, 6.45) is -0.734. The van der Waals surface area contributed by atoms with Crippen LogP contribution >= 0.6 is 34.8 Å². The SMILES string of the molecule is OC(Cc1cc(F)ccc1Cl)c1cc(Cl)ccc1Cl. The van der Waals surface area contributed by atoms with Gasteiger partial charge in [-0.25, -0.2) is 4.39 Å². The Hall–Kier alpha value is -0.800. The van der Waals surface area contributed by atoms with Gasteiger partial charge in [0.05, 0.1) is 6.10 Å². The molecule has 1 atom stereocenters. The van der Waals surface area contributed by atoms with E-state index in [-0.39, 0.29) is 6.42 Å². The predicted molar refractivity (Wildman–Crippen MR) is 76.5 cm³/mol. The van der Waals surface area contributed by atoms with Crippen molar-refractivity contribution in [1.29, 1.82) is 0 Å². The summed E-state index contributed by atoms with van der Waals surface area (Å²) >= 11 is 17.8. The number of aliphatic hydroxyl groups is 1. The molecule has 2 aromatic rings. The molecule has 5 heteroatoms. The summed E-state index contributed by atoms with van der Waals surface area (Å²) in [5.74, 6) is -0.399. The van der Waals surface area contributed by atoms with Gasteiger partial charge in [-0.2, -0.15) is 0 Å². The molecule has 0 aliphatic rings. The summed E-state index contributed by atoms with van der Waals surface area (Å²) in [5, 5.41) is 11.5. The minimum Gasteiger partial charge on any atom is -0.388 e. The molecule has 0 saturated heterocycles. The summed E-state index contributed by atoms with van der Waals surface area (Å²) in [6, 6.07) is 8.85. The Morgan fingerprint density at radius 2 is 1.68 bits per heavy atom. The minimum atomic E-state index is -0.898. The third-order valence-electron chi connectivity index (χ3n) is 2.74. The van der Waals surface area contributed by atoms with E-state index in [1.54, 1.807) is 18.2 Å². The number of hydrogen-bond acceptors (Lipinski definition) is 1. The Kier molecular flexibility index (Phi) is 4.69. The highest BCUT2D eigenvalue weighted by molar-refractivity contribution is 6.33. The summed E-state index contributed by atoms with van der Waals surface area (Å²) in [6.45, 7) is 0. The maximum absolute atomic E-state index is 13.2. The van der Waals surface area contributed by atoms with Gasteiger partial charge in [0.1, 0.15) is 5.82 Å². The molecule has 0 bridgehead atoms. The molecule has 2 rings (SSSR count). The van der Waals surface area contributed by atoms with Crippen LogP contribution in [0, 0.1) is 5.82 Å². The third kappa shape index (κ3) is 3.61. The smallest absolute Gasteiger partial charge is 0.123 e. The maximum Gasteiger partial charge on any atom is 0.123 e. The highest BCUT2D eigenvalue weighted by Gasteiger charge is 2.15. The van der Waals surface area contributed by atoms with Crippen LogP contribution in [0.4, 0.5) is 4.39 Å². The molecule has 19 heavy (non-hydrogen) atoms. The van der Waals surface area contributed by atoms with Crippen LogP contribution in [-0.2, 0) is 6.42 Å². The lowest BCUT2D eigenvalue weighted by Gasteiger charge is -2.14. The van der Waals surface area contributed by atoms with Gasteiger partial charge in [-0.15, -0.1) is 0 Å². The Labute approximate surface area is 125 Å². The van der Waals surface area contributed by atoms with Crippen molar-refractivity contribution < 1.29 is 9.50 Å². The van der Waals surface area contributed by atoms with Crippen molar-refractivity contribution in [1.82, 2.24) is 0 Å². The number of aliphatic hydroxyl groups excluding tert-OH is 1. The van der Waals surface area contributed by atoms with Crippen LogP contribution in [0.25, 0.3) is 0 Å². The fourth-order valence-electron chi connectivity index (χ4n) is 1.79. The second-order valence-electron chi connectivity index (χ2n) is 4.12. The van der Waals surface area contributed by atoms with Gasteiger partial charge in [-0.05, 0) is 42.0 Å². The number of halogens is 4. The van der Waals surface area contributed by atoms with Crippen LogP contribution in [0.1, 0.15) is 17.2 Å². The van der Waals surface area contributed by atoms with E-state index >= 15 is 0 Å². The fourth-order valence-corrected chi connectivity index (χ4v) is 2.41. The van der Waals surface area contributed by atoms with Crippen LogP contribution < -0.4 is 0 Å². The second-order valence-corrected chi connectivity index (χ2v) is 5.37. The normalized spacial score (nSPS) is 12.5. The van der Waals surface area contributed by atoms with Crippen LogP contribution in [0.5, 0.6) is 0 Å². The van der Waals surface area contributed by atoms with Crippen LogP contribution in [0.2, 0.25) is 15.1 Å². The predicted octanol–water partition coefficient (Wildman–Crippen LogP) is 5.06. The average molecular weight is 320 g/mol. The van der Waals surface area contributed by atoms with Crippen molar-refractivity contribution in [3.63, 3.8) is 0 Å². The van der Waals surface area contributed by atoms with Crippen molar-refractivity contribution in [2.24, 2.45) is 0 Å². The van der Waals surface area contributed by atoms with Crippen LogP contribution in [0.15, 0.2) is 36.4 Å². The van der Waals surface area contributed by atoms with E-state index in [1.165, 1.54) is 18.2 Å². The zero-order valence-electron chi connectivity index (χ0n) is 9.71. The van der Waals surface area contributed by atoms with E-state index < -0.39 is 11.9 Å². The van der Waals surface area contributed by atoms with E-state index in [9.17, 15) is 9.50 Å². The molecule has 0 radical (unpaired) electrons. The molecule has 0 spiro atoms. The third-order valence-corrected chi connectivity index (χ3v) is 3.69. The Morgan fingerprint density at radius 1 is 1.00 bits per heavy atom. The summed E-state index contributed by atoms with van der Waals surface area (Å²) < 4.78 is 13.2. The summed E-state index contributed by atoms with van der Waals surface area (Å²) in [7, 11) is 0. The van der Waals surface area contributed by atoms with Gasteiger partial charge >= 0.3 is 0 Å². The molecule has 0 aliphatic heterocycles. The van der Waals surface area contributed by atoms with Gasteiger partial charge in [0, 0.05) is 27.1 Å². The van der Waals surface area contributed by atoms with Gasteiger partial charge in [-0.3, -0.25) is 0 Å². The fraction of sp³-hybridized carbons (Fsp3) is 0.143. The molecule has 0 heterocycles. The van der Waals surface area contributed by atoms with Crippen molar-refractivity contribution >= 4 is 34.8 Å². The lowest BCUT2D eigenvalue weighted by Crippen LogP contribution is -2.03. The largest absolute Gasteiger partial charge is 0.388 e. The van der Waals surface area contributed by atoms with E-state index in [0.29, 0.717) is 26.2 Å². The van der Waals surface area contributed by atoms with Gasteiger partial charge in [0.15, 0.2) is 0 Å². The lowest BCUT2D eigenvalue weighted by molar-refractivity contribution is 0.178. The quantitative estimate of drug-likeness (QED) is 0.838. The molecule has 0 aromatic heterocycles. The zero-order chi connectivity index (χ0) is 14.0. The Balaban J connectivity index is 2.27. The van der Waals surface area contributed by atoms with Crippen molar-refractivity contribution in [2.45, 2.75) is 12.5 Å². The Morgan fingerprint density at radius 3 is 2.42 bits per heavy atom. The molecular formula is C14H10Cl3FO. The first-order valence-electron chi connectivity index (χ1n) is 5.54. The van der Waals surface area contributed by atoms with Crippen LogP contribution in [-0.4, -0.2) is 5.11 Å². The minimum absolute atomic E-state index is 0.163. The van der Waals surface area contributed by atoms with Crippen molar-refractivity contribution in [3.05, 3.63) is 68.4 Å². The standard InChI is InChI=1S/C14H10Cl3FO/c15-9-1-3-13(17)11(7-9)14(19)6-8-5-10(18)2-4-12(8)16/h1-5,7,14,19H,6H2. The number of hydrogen-bond donors (Lipinski definition) is 1.